The van der Waals surface area contributed by atoms with Crippen LogP contribution < -0.4 is 5.73 Å². The Kier molecular flexibility index (Phi) is 5.29. The highest BCUT2D eigenvalue weighted by Crippen LogP contribution is 2.39. The monoisotopic (exact) mass is 417 g/mol. The van der Waals surface area contributed by atoms with E-state index < -0.39 is 12.2 Å². The molecule has 1 aliphatic carbocycles. The molecule has 5 rings (SSSR count). The van der Waals surface area contributed by atoms with E-state index in [2.05, 4.69) is 27.1 Å². The molecule has 0 aliphatic heterocycles. The van der Waals surface area contributed by atoms with Gasteiger partial charge in [0.25, 0.3) is 0 Å². The number of nitrogens with two attached hydrogens (primary N) is 1. The number of aliphatic hydroxyl groups excluding tert-OH is 2. The SMILES string of the molecule is Nc1ncnc2c1ccn2[C@@H]1C[C@H](CCCCc2cnc3ccccc3c2)[C@@H](O)[C@H]1O. The lowest BCUT2D eigenvalue weighted by Crippen LogP contribution is -2.29. The minimum atomic E-state index is -0.818. The Morgan fingerprint density at radius 2 is 1.90 bits per heavy atom. The first kappa shape index (κ1) is 19.9. The van der Waals surface area contributed by atoms with Gasteiger partial charge in [-0.2, -0.15) is 0 Å². The number of aliphatic hydroxyl groups is 2. The van der Waals surface area contributed by atoms with E-state index >= 15 is 0 Å². The molecule has 4 N–H and O–H groups in total. The van der Waals surface area contributed by atoms with Crippen LogP contribution in [0.3, 0.4) is 0 Å². The standard InChI is InChI=1S/C24H27N5O2/c25-23-18-9-10-29(24(18)28-14-27-23)20-12-17(21(30)22(20)31)7-2-1-5-15-11-16-6-3-4-8-19(16)26-13-15/h3-4,6,8-11,13-14,17,20-22,30-31H,1-2,5,7,12H2,(H2,25,27,28)/t17-,20+,21+,22-/m0/s1. The Hall–Kier alpha value is -3.03. The maximum absolute atomic E-state index is 10.7. The van der Waals surface area contributed by atoms with Crippen molar-refractivity contribution in [1.29, 1.82) is 0 Å². The minimum Gasteiger partial charge on any atom is -0.390 e. The number of aromatic nitrogens is 4. The second-order valence-electron chi connectivity index (χ2n) is 8.55. The third-order valence-electron chi connectivity index (χ3n) is 6.61. The van der Waals surface area contributed by atoms with Crippen LogP contribution in [-0.2, 0) is 6.42 Å². The Morgan fingerprint density at radius 3 is 2.81 bits per heavy atom. The van der Waals surface area contributed by atoms with Crippen molar-refractivity contribution in [3.63, 3.8) is 0 Å². The minimum absolute atomic E-state index is 0.0614. The van der Waals surface area contributed by atoms with Gasteiger partial charge in [-0.3, -0.25) is 4.98 Å². The average molecular weight is 418 g/mol. The van der Waals surface area contributed by atoms with Crippen LogP contribution in [0.5, 0.6) is 0 Å². The molecule has 1 aromatic carbocycles. The van der Waals surface area contributed by atoms with Crippen LogP contribution in [0.25, 0.3) is 21.9 Å². The summed E-state index contributed by atoms with van der Waals surface area (Å²) in [5, 5.41) is 23.3. The van der Waals surface area contributed by atoms with Crippen molar-refractivity contribution in [3.05, 3.63) is 60.7 Å². The largest absolute Gasteiger partial charge is 0.390 e. The van der Waals surface area contributed by atoms with Crippen LogP contribution in [0.4, 0.5) is 5.82 Å². The zero-order valence-electron chi connectivity index (χ0n) is 17.3. The van der Waals surface area contributed by atoms with Crippen LogP contribution in [0.15, 0.2) is 55.1 Å². The van der Waals surface area contributed by atoms with Gasteiger partial charge in [-0.15, -0.1) is 0 Å². The molecule has 4 atom stereocenters. The molecule has 4 aromatic rings. The Morgan fingerprint density at radius 1 is 1.03 bits per heavy atom. The third kappa shape index (κ3) is 3.75. The van der Waals surface area contributed by atoms with Crippen molar-refractivity contribution >= 4 is 27.8 Å². The van der Waals surface area contributed by atoms with Gasteiger partial charge in [-0.25, -0.2) is 9.97 Å². The predicted octanol–water partition coefficient (Wildman–Crippen LogP) is 3.26. The molecular formula is C24H27N5O2. The molecule has 1 fully saturated rings. The molecule has 0 radical (unpaired) electrons. The molecule has 0 spiro atoms. The Balaban J connectivity index is 1.20. The summed E-state index contributed by atoms with van der Waals surface area (Å²) in [6.07, 6.45) is 8.30. The molecule has 160 valence electrons. The lowest BCUT2D eigenvalue weighted by Gasteiger charge is -2.19. The normalized spacial score (nSPS) is 23.7. The van der Waals surface area contributed by atoms with Gasteiger partial charge >= 0.3 is 0 Å². The molecule has 3 aromatic heterocycles. The van der Waals surface area contributed by atoms with E-state index in [1.54, 1.807) is 0 Å². The number of fused-ring (bicyclic) bond motifs is 2. The summed E-state index contributed by atoms with van der Waals surface area (Å²) in [6.45, 7) is 0. The molecule has 1 aliphatic rings. The van der Waals surface area contributed by atoms with Crippen molar-refractivity contribution in [2.75, 3.05) is 5.73 Å². The number of unbranched alkanes of at least 4 members (excludes halogenated alkanes) is 1. The summed E-state index contributed by atoms with van der Waals surface area (Å²) in [7, 11) is 0. The van der Waals surface area contributed by atoms with E-state index in [4.69, 9.17) is 5.73 Å². The first-order chi connectivity index (χ1) is 15.1. The molecule has 31 heavy (non-hydrogen) atoms. The maximum atomic E-state index is 10.7. The smallest absolute Gasteiger partial charge is 0.145 e. The number of rotatable bonds is 6. The number of hydrogen-bond donors (Lipinski definition) is 3. The molecular weight excluding hydrogens is 390 g/mol. The van der Waals surface area contributed by atoms with Crippen molar-refractivity contribution in [2.45, 2.75) is 50.4 Å². The molecule has 0 unspecified atom stereocenters. The van der Waals surface area contributed by atoms with Gasteiger partial charge in [0.2, 0.25) is 0 Å². The quantitative estimate of drug-likeness (QED) is 0.415. The van der Waals surface area contributed by atoms with E-state index in [1.807, 2.05) is 41.2 Å². The molecule has 3 heterocycles. The van der Waals surface area contributed by atoms with Crippen LogP contribution in [0.2, 0.25) is 0 Å². The fourth-order valence-corrected chi connectivity index (χ4v) is 4.91. The Labute approximate surface area is 180 Å². The highest BCUT2D eigenvalue weighted by atomic mass is 16.3. The summed E-state index contributed by atoms with van der Waals surface area (Å²) in [6, 6.07) is 12.0. The van der Waals surface area contributed by atoms with Gasteiger partial charge < -0.3 is 20.5 Å². The van der Waals surface area contributed by atoms with Crippen LogP contribution >= 0.6 is 0 Å². The first-order valence-corrected chi connectivity index (χ1v) is 10.9. The fourth-order valence-electron chi connectivity index (χ4n) is 4.91. The van der Waals surface area contributed by atoms with Crippen LogP contribution in [-0.4, -0.2) is 41.9 Å². The zero-order valence-corrected chi connectivity index (χ0v) is 17.3. The third-order valence-corrected chi connectivity index (χ3v) is 6.61. The molecule has 0 amide bonds. The maximum Gasteiger partial charge on any atom is 0.145 e. The second-order valence-corrected chi connectivity index (χ2v) is 8.55. The van der Waals surface area contributed by atoms with Crippen molar-refractivity contribution in [1.82, 2.24) is 19.5 Å². The van der Waals surface area contributed by atoms with Gasteiger partial charge in [0.15, 0.2) is 0 Å². The zero-order chi connectivity index (χ0) is 21.4. The second kappa shape index (κ2) is 8.24. The number of benzene rings is 1. The number of para-hydroxylation sites is 1. The van der Waals surface area contributed by atoms with Crippen molar-refractivity contribution < 1.29 is 10.2 Å². The lowest BCUT2D eigenvalue weighted by molar-refractivity contribution is 0.00502. The van der Waals surface area contributed by atoms with E-state index in [1.165, 1.54) is 17.3 Å². The number of hydrogen-bond acceptors (Lipinski definition) is 6. The Bertz CT molecular complexity index is 1210. The number of aryl methyl sites for hydroxylation is 1. The summed E-state index contributed by atoms with van der Waals surface area (Å²) >= 11 is 0. The van der Waals surface area contributed by atoms with Crippen LogP contribution in [0.1, 0.15) is 37.3 Å². The highest BCUT2D eigenvalue weighted by molar-refractivity contribution is 5.86. The van der Waals surface area contributed by atoms with Crippen molar-refractivity contribution in [3.8, 4) is 0 Å². The highest BCUT2D eigenvalue weighted by Gasteiger charge is 2.42. The van der Waals surface area contributed by atoms with E-state index in [-0.39, 0.29) is 12.0 Å². The van der Waals surface area contributed by atoms with Crippen LogP contribution in [0, 0.1) is 5.92 Å². The fraction of sp³-hybridized carbons (Fsp3) is 0.375. The summed E-state index contributed by atoms with van der Waals surface area (Å²) in [5.74, 6) is 0.489. The summed E-state index contributed by atoms with van der Waals surface area (Å²) < 4.78 is 1.93. The molecule has 0 saturated heterocycles. The van der Waals surface area contributed by atoms with Gasteiger partial charge in [0.1, 0.15) is 23.9 Å². The molecule has 7 nitrogen and oxygen atoms in total. The molecule has 7 heteroatoms. The van der Waals surface area contributed by atoms with Gasteiger partial charge in [0, 0.05) is 17.8 Å². The molecule has 1 saturated carbocycles. The molecule has 0 bridgehead atoms. The van der Waals surface area contributed by atoms with Crippen molar-refractivity contribution in [2.24, 2.45) is 5.92 Å². The average Bonchev–Trinajstić information content (AvgIpc) is 3.34. The number of nitrogen functional groups attached to an aromatic ring is 1. The lowest BCUT2D eigenvalue weighted by atomic mass is 9.96. The summed E-state index contributed by atoms with van der Waals surface area (Å²) in [4.78, 5) is 12.9. The van der Waals surface area contributed by atoms with Gasteiger partial charge in [-0.05, 0) is 55.4 Å². The van der Waals surface area contributed by atoms with Gasteiger partial charge in [0.05, 0.1) is 23.0 Å². The van der Waals surface area contributed by atoms with E-state index in [0.717, 1.165) is 36.6 Å². The number of anilines is 1. The van der Waals surface area contributed by atoms with Gasteiger partial charge in [-0.1, -0.05) is 24.6 Å². The predicted molar refractivity (Wildman–Crippen MR) is 120 cm³/mol. The first-order valence-electron chi connectivity index (χ1n) is 10.9. The topological polar surface area (TPSA) is 110 Å². The number of nitrogens with zero attached hydrogens (tertiary/aromatic N) is 4. The number of pyridine rings is 1. The van der Waals surface area contributed by atoms with E-state index in [9.17, 15) is 10.2 Å². The summed E-state index contributed by atoms with van der Waals surface area (Å²) in [5.41, 5.74) is 8.89. The van der Waals surface area contributed by atoms with E-state index in [0.29, 0.717) is 17.9 Å².